The zero-order chi connectivity index (χ0) is 5.98. The molecule has 1 aromatic rings. The topological polar surface area (TPSA) is 24.9 Å². The highest BCUT2D eigenvalue weighted by atomic mass is 32.2. The molecule has 0 aliphatic rings. The molecule has 0 radical (unpaired) electrons. The van der Waals surface area contributed by atoms with E-state index in [0.717, 1.165) is 9.34 Å². The molecule has 1 aromatic heterocycles. The molecule has 0 atom stereocenters. The van der Waals surface area contributed by atoms with E-state index < -0.39 is 0 Å². The average molecular weight is 146 g/mol. The lowest BCUT2D eigenvalue weighted by atomic mass is 11.0. The minimum Gasteiger partial charge on any atom is -0.365 e. The highest BCUT2D eigenvalue weighted by Gasteiger charge is 1.91. The van der Waals surface area contributed by atoms with Gasteiger partial charge in [-0.3, -0.25) is 0 Å². The first-order valence-corrected chi connectivity index (χ1v) is 3.42. The summed E-state index contributed by atoms with van der Waals surface area (Å²) in [6.45, 7) is 0. The predicted octanol–water partition coefficient (Wildman–Crippen LogP) is 1.47. The number of hydrogen-bond acceptors (Lipinski definition) is 4. The van der Waals surface area contributed by atoms with Crippen LogP contribution in [0.25, 0.3) is 0 Å². The molecule has 0 aliphatic carbocycles. The van der Waals surface area contributed by atoms with Crippen molar-refractivity contribution in [2.24, 2.45) is 0 Å². The number of hydrogen-bond donors (Lipinski definition) is 2. The third kappa shape index (κ3) is 1.14. The van der Waals surface area contributed by atoms with Crippen molar-refractivity contribution >= 4 is 29.1 Å². The average Bonchev–Trinajstić information content (AvgIpc) is 2.14. The largest absolute Gasteiger partial charge is 0.365 e. The van der Waals surface area contributed by atoms with Gasteiger partial charge in [-0.1, -0.05) is 11.3 Å². The van der Waals surface area contributed by atoms with Gasteiger partial charge in [-0.25, -0.2) is 4.98 Å². The Bertz CT molecular complexity index is 172. The smallest absolute Gasteiger partial charge is 0.183 e. The van der Waals surface area contributed by atoms with Crippen LogP contribution >= 0.6 is 24.0 Å². The number of nitrogens with zero attached hydrogens (tertiary/aromatic N) is 1. The summed E-state index contributed by atoms with van der Waals surface area (Å²) in [6.07, 6.45) is 1.72. The Morgan fingerprint density at radius 2 is 2.62 bits per heavy atom. The van der Waals surface area contributed by atoms with Crippen molar-refractivity contribution in [3.63, 3.8) is 0 Å². The summed E-state index contributed by atoms with van der Waals surface area (Å²) in [5, 5.41) is 3.82. The third-order valence-corrected chi connectivity index (χ3v) is 1.91. The van der Waals surface area contributed by atoms with Crippen LogP contribution in [0.1, 0.15) is 0 Å². The molecule has 0 aromatic carbocycles. The zero-order valence-electron chi connectivity index (χ0n) is 4.38. The highest BCUT2D eigenvalue weighted by Crippen LogP contribution is 2.19. The van der Waals surface area contributed by atoms with Crippen LogP contribution < -0.4 is 5.32 Å². The number of aromatic nitrogens is 1. The molecule has 0 bridgehead atoms. The summed E-state index contributed by atoms with van der Waals surface area (Å²) < 4.78 is 0.939. The van der Waals surface area contributed by atoms with Gasteiger partial charge in [-0.05, 0) is 0 Å². The van der Waals surface area contributed by atoms with Gasteiger partial charge in [0, 0.05) is 7.05 Å². The Labute approximate surface area is 57.4 Å². The van der Waals surface area contributed by atoms with Gasteiger partial charge in [0.25, 0.3) is 0 Å². The van der Waals surface area contributed by atoms with Gasteiger partial charge in [-0.15, -0.1) is 12.6 Å². The lowest BCUT2D eigenvalue weighted by Gasteiger charge is -1.84. The van der Waals surface area contributed by atoms with Gasteiger partial charge >= 0.3 is 0 Å². The fourth-order valence-electron chi connectivity index (χ4n) is 0.381. The van der Waals surface area contributed by atoms with Crippen molar-refractivity contribution in [2.75, 3.05) is 12.4 Å². The first kappa shape index (κ1) is 5.91. The fourth-order valence-corrected chi connectivity index (χ4v) is 1.21. The Balaban J connectivity index is 2.84. The molecular formula is C4H6N2S2. The van der Waals surface area contributed by atoms with Crippen molar-refractivity contribution in [3.8, 4) is 0 Å². The minimum atomic E-state index is 0.912. The van der Waals surface area contributed by atoms with Crippen molar-refractivity contribution in [1.29, 1.82) is 0 Å². The molecule has 0 spiro atoms. The van der Waals surface area contributed by atoms with Crippen LogP contribution in [0.2, 0.25) is 0 Å². The van der Waals surface area contributed by atoms with Crippen LogP contribution in [0.3, 0.4) is 0 Å². The summed E-state index contributed by atoms with van der Waals surface area (Å²) in [4.78, 5) is 3.97. The molecular weight excluding hydrogens is 140 g/mol. The van der Waals surface area contributed by atoms with E-state index in [4.69, 9.17) is 0 Å². The van der Waals surface area contributed by atoms with E-state index in [9.17, 15) is 0 Å². The van der Waals surface area contributed by atoms with E-state index in [0.29, 0.717) is 0 Å². The zero-order valence-corrected chi connectivity index (χ0v) is 6.09. The molecule has 1 N–H and O–H groups in total. The number of thiazole rings is 1. The van der Waals surface area contributed by atoms with Crippen LogP contribution in [0, 0.1) is 0 Å². The number of nitrogens with one attached hydrogen (secondary N) is 1. The second-order valence-corrected chi connectivity index (χ2v) is 3.07. The number of rotatable bonds is 1. The molecule has 0 amide bonds. The molecule has 44 valence electrons. The number of anilines is 1. The maximum absolute atomic E-state index is 4.08. The van der Waals surface area contributed by atoms with Gasteiger partial charge in [-0.2, -0.15) is 0 Å². The molecule has 2 nitrogen and oxygen atoms in total. The Morgan fingerprint density at radius 3 is 2.88 bits per heavy atom. The molecule has 0 saturated carbocycles. The second-order valence-electron chi connectivity index (χ2n) is 1.25. The van der Waals surface area contributed by atoms with E-state index in [1.165, 1.54) is 11.3 Å². The van der Waals surface area contributed by atoms with Gasteiger partial charge in [0.05, 0.1) is 10.4 Å². The first-order chi connectivity index (χ1) is 3.83. The van der Waals surface area contributed by atoms with Crippen molar-refractivity contribution in [1.82, 2.24) is 4.98 Å². The molecule has 8 heavy (non-hydrogen) atoms. The fraction of sp³-hybridized carbons (Fsp3) is 0.250. The van der Waals surface area contributed by atoms with E-state index in [-0.39, 0.29) is 0 Å². The number of thiol groups is 1. The molecule has 1 heterocycles. The van der Waals surface area contributed by atoms with Crippen LogP contribution in [-0.4, -0.2) is 12.0 Å². The summed E-state index contributed by atoms with van der Waals surface area (Å²) in [7, 11) is 1.84. The lowest BCUT2D eigenvalue weighted by molar-refractivity contribution is 1.34. The summed E-state index contributed by atoms with van der Waals surface area (Å²) in [6, 6.07) is 0. The van der Waals surface area contributed by atoms with Gasteiger partial charge in [0.1, 0.15) is 0 Å². The second kappa shape index (κ2) is 2.37. The van der Waals surface area contributed by atoms with Crippen molar-refractivity contribution in [3.05, 3.63) is 6.20 Å². The van der Waals surface area contributed by atoms with E-state index in [1.807, 2.05) is 7.05 Å². The molecule has 1 rings (SSSR count). The SMILES string of the molecule is CNc1ncc(S)s1. The molecule has 4 heteroatoms. The quantitative estimate of drug-likeness (QED) is 0.586. The van der Waals surface area contributed by atoms with Gasteiger partial charge in [0.15, 0.2) is 5.13 Å². The molecule has 0 unspecified atom stereocenters. The summed E-state index contributed by atoms with van der Waals surface area (Å²) >= 11 is 5.60. The van der Waals surface area contributed by atoms with E-state index in [2.05, 4.69) is 22.9 Å². The monoisotopic (exact) mass is 146 g/mol. The maximum Gasteiger partial charge on any atom is 0.183 e. The Kier molecular flexibility index (Phi) is 1.75. The highest BCUT2D eigenvalue weighted by molar-refractivity contribution is 7.83. The first-order valence-electron chi connectivity index (χ1n) is 2.15. The lowest BCUT2D eigenvalue weighted by Crippen LogP contribution is -1.83. The Morgan fingerprint density at radius 1 is 1.88 bits per heavy atom. The van der Waals surface area contributed by atoms with Crippen molar-refractivity contribution in [2.45, 2.75) is 4.21 Å². The molecule has 0 fully saturated rings. The van der Waals surface area contributed by atoms with E-state index >= 15 is 0 Å². The van der Waals surface area contributed by atoms with Gasteiger partial charge < -0.3 is 5.32 Å². The van der Waals surface area contributed by atoms with Crippen LogP contribution in [0.15, 0.2) is 10.4 Å². The Hall–Kier alpha value is -0.220. The van der Waals surface area contributed by atoms with Crippen LogP contribution in [-0.2, 0) is 0 Å². The van der Waals surface area contributed by atoms with Crippen LogP contribution in [0.5, 0.6) is 0 Å². The standard InChI is InChI=1S/C4H6N2S2/c1-5-4-6-2-3(7)8-4/h2,7H,1H3,(H,5,6). The summed E-state index contributed by atoms with van der Waals surface area (Å²) in [5.41, 5.74) is 0. The normalized spacial score (nSPS) is 9.25. The predicted molar refractivity (Wildman–Crippen MR) is 38.9 cm³/mol. The third-order valence-electron chi connectivity index (χ3n) is 0.707. The molecule has 0 saturated heterocycles. The maximum atomic E-state index is 4.08. The van der Waals surface area contributed by atoms with Crippen molar-refractivity contribution < 1.29 is 0 Å². The van der Waals surface area contributed by atoms with E-state index in [1.54, 1.807) is 6.20 Å². The van der Waals surface area contributed by atoms with Crippen LogP contribution in [0.4, 0.5) is 5.13 Å². The van der Waals surface area contributed by atoms with Gasteiger partial charge in [0.2, 0.25) is 0 Å². The molecule has 0 aliphatic heterocycles. The summed E-state index contributed by atoms with van der Waals surface area (Å²) in [5.74, 6) is 0. The minimum absolute atomic E-state index is 0.912.